The van der Waals surface area contributed by atoms with E-state index in [1.54, 1.807) is 0 Å². The fraction of sp³-hybridized carbons (Fsp3) is 0.692. The van der Waals surface area contributed by atoms with Gasteiger partial charge >= 0.3 is 0 Å². The normalized spacial score (nSPS) is 19.9. The summed E-state index contributed by atoms with van der Waals surface area (Å²) in [5.41, 5.74) is 7.68. The average molecular weight is 265 g/mol. The molecular formula is C13H23N5O. The van der Waals surface area contributed by atoms with Crippen LogP contribution in [0.3, 0.4) is 0 Å². The van der Waals surface area contributed by atoms with E-state index in [2.05, 4.69) is 29.2 Å². The molecule has 19 heavy (non-hydrogen) atoms. The summed E-state index contributed by atoms with van der Waals surface area (Å²) in [6.07, 6.45) is 0.758. The molecule has 1 aromatic rings. The van der Waals surface area contributed by atoms with Crippen LogP contribution in [0.25, 0.3) is 0 Å². The van der Waals surface area contributed by atoms with Gasteiger partial charge in [-0.1, -0.05) is 6.92 Å². The van der Waals surface area contributed by atoms with Crippen molar-refractivity contribution in [2.75, 3.05) is 23.7 Å². The zero-order valence-corrected chi connectivity index (χ0v) is 12.1. The first-order chi connectivity index (χ1) is 8.97. The molecular weight excluding hydrogens is 242 g/mol. The lowest BCUT2D eigenvalue weighted by molar-refractivity contribution is -0.123. The number of carbonyl (C=O) groups is 1. The van der Waals surface area contributed by atoms with Crippen LogP contribution < -0.4 is 16.0 Å². The first kappa shape index (κ1) is 13.7. The Morgan fingerprint density at radius 3 is 2.79 bits per heavy atom. The predicted molar refractivity (Wildman–Crippen MR) is 76.2 cm³/mol. The van der Waals surface area contributed by atoms with Gasteiger partial charge in [0.25, 0.3) is 0 Å². The minimum Gasteiger partial charge on any atom is -0.394 e. The molecule has 1 aliphatic rings. The van der Waals surface area contributed by atoms with Gasteiger partial charge in [-0.15, -0.1) is 0 Å². The molecule has 1 aromatic heterocycles. The molecule has 1 aliphatic heterocycles. The number of piperazine rings is 1. The van der Waals surface area contributed by atoms with Crippen LogP contribution in [0.1, 0.15) is 38.9 Å². The monoisotopic (exact) mass is 265 g/mol. The Balaban J connectivity index is 2.47. The number of rotatable bonds is 3. The van der Waals surface area contributed by atoms with E-state index in [4.69, 9.17) is 5.73 Å². The first-order valence-electron chi connectivity index (χ1n) is 6.86. The molecule has 1 atom stereocenters. The summed E-state index contributed by atoms with van der Waals surface area (Å²) in [6, 6.07) is 0.0538. The van der Waals surface area contributed by atoms with Crippen LogP contribution in [0, 0.1) is 6.92 Å². The summed E-state index contributed by atoms with van der Waals surface area (Å²) in [4.78, 5) is 14.1. The number of nitrogens with two attached hydrogens (primary N) is 1. The highest BCUT2D eigenvalue weighted by atomic mass is 16.2. The molecule has 2 heterocycles. The van der Waals surface area contributed by atoms with Crippen molar-refractivity contribution in [3.05, 3.63) is 5.69 Å². The molecule has 6 heteroatoms. The van der Waals surface area contributed by atoms with Crippen LogP contribution in [0.4, 0.5) is 11.5 Å². The van der Waals surface area contributed by atoms with Crippen molar-refractivity contribution in [1.82, 2.24) is 15.1 Å². The lowest BCUT2D eigenvalue weighted by Gasteiger charge is -2.37. The zero-order chi connectivity index (χ0) is 14.2. The maximum atomic E-state index is 12.0. The van der Waals surface area contributed by atoms with Gasteiger partial charge in [-0.3, -0.25) is 4.79 Å². The Hall–Kier alpha value is -1.72. The van der Waals surface area contributed by atoms with Crippen LogP contribution in [0.15, 0.2) is 0 Å². The van der Waals surface area contributed by atoms with Crippen molar-refractivity contribution in [3.63, 3.8) is 0 Å². The Kier molecular flexibility index (Phi) is 3.68. The number of anilines is 2. The largest absolute Gasteiger partial charge is 0.394 e. The van der Waals surface area contributed by atoms with Gasteiger partial charge < -0.3 is 16.0 Å². The van der Waals surface area contributed by atoms with Crippen molar-refractivity contribution in [1.29, 1.82) is 0 Å². The van der Waals surface area contributed by atoms with Gasteiger partial charge in [0.1, 0.15) is 6.04 Å². The van der Waals surface area contributed by atoms with Crippen LogP contribution in [0.5, 0.6) is 0 Å². The molecule has 0 spiro atoms. The van der Waals surface area contributed by atoms with E-state index in [1.807, 2.05) is 18.5 Å². The molecule has 0 radical (unpaired) electrons. The molecule has 1 saturated heterocycles. The zero-order valence-electron chi connectivity index (χ0n) is 12.1. The van der Waals surface area contributed by atoms with Crippen LogP contribution in [-0.2, 0) is 4.79 Å². The highest BCUT2D eigenvalue weighted by Crippen LogP contribution is 2.31. The second-order valence-electron chi connectivity index (χ2n) is 5.27. The molecule has 3 N–H and O–H groups in total. The standard InChI is InChI=1S/C13H23N5O/c1-5-10-12(19)15-6-7-17(10)13-11(14)9(4)16-18(13)8(2)3/h8,10H,5-7,14H2,1-4H3,(H,15,19). The predicted octanol–water partition coefficient (Wildman–Crippen LogP) is 1.07. The molecule has 0 aliphatic carbocycles. The number of aryl methyl sites for hydroxylation is 1. The summed E-state index contributed by atoms with van der Waals surface area (Å²) in [7, 11) is 0. The van der Waals surface area contributed by atoms with Crippen LogP contribution >= 0.6 is 0 Å². The van der Waals surface area contributed by atoms with Gasteiger partial charge in [-0.2, -0.15) is 5.10 Å². The maximum absolute atomic E-state index is 12.0. The lowest BCUT2D eigenvalue weighted by atomic mass is 10.1. The second kappa shape index (κ2) is 5.11. The molecule has 2 rings (SSSR count). The number of carbonyl (C=O) groups excluding carboxylic acids is 1. The van der Waals surface area contributed by atoms with E-state index < -0.39 is 0 Å². The molecule has 1 fully saturated rings. The Labute approximate surface area is 113 Å². The number of hydrogen-bond donors (Lipinski definition) is 2. The van der Waals surface area contributed by atoms with Crippen molar-refractivity contribution in [2.24, 2.45) is 0 Å². The topological polar surface area (TPSA) is 76.2 Å². The van der Waals surface area contributed by atoms with Gasteiger partial charge in [-0.25, -0.2) is 4.68 Å². The van der Waals surface area contributed by atoms with E-state index in [9.17, 15) is 4.79 Å². The Morgan fingerprint density at radius 1 is 1.53 bits per heavy atom. The summed E-state index contributed by atoms with van der Waals surface area (Å²) in [5.74, 6) is 0.955. The number of nitrogens with one attached hydrogen (secondary N) is 1. The van der Waals surface area contributed by atoms with E-state index in [-0.39, 0.29) is 18.0 Å². The molecule has 0 aromatic carbocycles. The third-order valence-electron chi connectivity index (χ3n) is 3.58. The fourth-order valence-corrected chi connectivity index (χ4v) is 2.57. The number of amides is 1. The van der Waals surface area contributed by atoms with Gasteiger partial charge in [-0.05, 0) is 27.2 Å². The van der Waals surface area contributed by atoms with E-state index >= 15 is 0 Å². The minimum absolute atomic E-state index is 0.0716. The summed E-state index contributed by atoms with van der Waals surface area (Å²) >= 11 is 0. The average Bonchev–Trinajstić information content (AvgIpc) is 2.66. The Morgan fingerprint density at radius 2 is 2.21 bits per heavy atom. The van der Waals surface area contributed by atoms with Crippen LogP contribution in [-0.4, -0.2) is 34.8 Å². The maximum Gasteiger partial charge on any atom is 0.242 e. The second-order valence-corrected chi connectivity index (χ2v) is 5.27. The number of nitrogen functional groups attached to an aromatic ring is 1. The Bertz CT molecular complexity index is 480. The van der Waals surface area contributed by atoms with Crippen molar-refractivity contribution >= 4 is 17.4 Å². The van der Waals surface area contributed by atoms with Crippen molar-refractivity contribution in [2.45, 2.75) is 46.2 Å². The molecule has 0 saturated carbocycles. The van der Waals surface area contributed by atoms with Gasteiger partial charge in [0, 0.05) is 19.1 Å². The first-order valence-corrected chi connectivity index (χ1v) is 6.86. The molecule has 1 amide bonds. The van der Waals surface area contributed by atoms with Crippen molar-refractivity contribution in [3.8, 4) is 0 Å². The summed E-state index contributed by atoms with van der Waals surface area (Å²) in [5, 5.41) is 7.40. The molecule has 6 nitrogen and oxygen atoms in total. The summed E-state index contributed by atoms with van der Waals surface area (Å²) in [6.45, 7) is 9.48. The molecule has 1 unspecified atom stereocenters. The molecule has 106 valence electrons. The number of nitrogens with zero attached hydrogens (tertiary/aromatic N) is 3. The number of hydrogen-bond acceptors (Lipinski definition) is 4. The van der Waals surface area contributed by atoms with Gasteiger partial charge in [0.2, 0.25) is 5.91 Å². The lowest BCUT2D eigenvalue weighted by Crippen LogP contribution is -2.55. The highest BCUT2D eigenvalue weighted by molar-refractivity contribution is 5.87. The SMILES string of the molecule is CCC1C(=O)NCCN1c1c(N)c(C)nn1C(C)C. The van der Waals surface area contributed by atoms with Crippen molar-refractivity contribution < 1.29 is 4.79 Å². The van der Waals surface area contributed by atoms with E-state index in [1.165, 1.54) is 0 Å². The smallest absolute Gasteiger partial charge is 0.242 e. The minimum atomic E-state index is -0.162. The van der Waals surface area contributed by atoms with Gasteiger partial charge in [0.15, 0.2) is 5.82 Å². The van der Waals surface area contributed by atoms with Crippen LogP contribution in [0.2, 0.25) is 0 Å². The van der Waals surface area contributed by atoms with E-state index in [0.717, 1.165) is 24.5 Å². The summed E-state index contributed by atoms with van der Waals surface area (Å²) < 4.78 is 1.92. The third-order valence-corrected chi connectivity index (χ3v) is 3.58. The highest BCUT2D eigenvalue weighted by Gasteiger charge is 2.32. The van der Waals surface area contributed by atoms with E-state index in [0.29, 0.717) is 12.2 Å². The molecule has 0 bridgehead atoms. The quantitative estimate of drug-likeness (QED) is 0.857. The number of aromatic nitrogens is 2. The van der Waals surface area contributed by atoms with Gasteiger partial charge in [0.05, 0.1) is 11.4 Å². The fourth-order valence-electron chi connectivity index (χ4n) is 2.57. The third kappa shape index (κ3) is 2.27.